The second-order valence-electron chi connectivity index (χ2n) is 10.5. The van der Waals surface area contributed by atoms with Crippen molar-refractivity contribution in [1.29, 1.82) is 0 Å². The third-order valence-electron chi connectivity index (χ3n) is 7.78. The number of carbonyl (C=O) groups is 3. The van der Waals surface area contributed by atoms with E-state index in [4.69, 9.17) is 16.3 Å². The molecule has 3 heterocycles. The summed E-state index contributed by atoms with van der Waals surface area (Å²) in [7, 11) is 0. The number of nitrogens with zero attached hydrogens (tertiary/aromatic N) is 2. The summed E-state index contributed by atoms with van der Waals surface area (Å²) in [6, 6.07) is 5.15. The van der Waals surface area contributed by atoms with Gasteiger partial charge in [-0.1, -0.05) is 43.7 Å². The number of aliphatic hydroxyl groups is 1. The largest absolute Gasteiger partial charge is 0.481 e. The predicted molar refractivity (Wildman–Crippen MR) is 131 cm³/mol. The van der Waals surface area contributed by atoms with Crippen molar-refractivity contribution in [2.45, 2.75) is 63.3 Å². The lowest BCUT2D eigenvalue weighted by Gasteiger charge is -2.40. The molecule has 190 valence electrons. The highest BCUT2D eigenvalue weighted by molar-refractivity contribution is 6.34. The predicted octanol–water partition coefficient (Wildman–Crippen LogP) is 3.12. The second-order valence-corrected chi connectivity index (χ2v) is 10.9. The molecule has 3 saturated heterocycles. The van der Waals surface area contributed by atoms with Gasteiger partial charge < -0.3 is 24.7 Å². The molecule has 8 nitrogen and oxygen atoms in total. The highest BCUT2D eigenvalue weighted by Crippen LogP contribution is 2.63. The number of aliphatic carboxylic acids is 1. The SMILES string of the molecule is C=CCN(C(=O)C1N([C@@H](CO)CC(C)C)C(=O)[C@@H]2[C@@H](C(=O)O)[C@@]3(C)CCC12O3)c1ccccc1Cl. The first-order chi connectivity index (χ1) is 16.5. The number of carboxylic acid groups (broad SMARTS) is 1. The van der Waals surface area contributed by atoms with E-state index < -0.39 is 52.9 Å². The zero-order valence-electron chi connectivity index (χ0n) is 20.3. The maximum atomic E-state index is 14.4. The van der Waals surface area contributed by atoms with Crippen LogP contribution >= 0.6 is 11.6 Å². The molecule has 0 aromatic heterocycles. The Balaban J connectivity index is 1.87. The molecule has 9 heteroatoms. The Hall–Kier alpha value is -2.42. The van der Waals surface area contributed by atoms with E-state index in [1.165, 1.54) is 9.80 Å². The monoisotopic (exact) mass is 504 g/mol. The molecule has 2 bridgehead atoms. The van der Waals surface area contributed by atoms with Gasteiger partial charge in [0, 0.05) is 6.54 Å². The number of benzene rings is 1. The number of fused-ring (bicyclic) bond motifs is 1. The third-order valence-corrected chi connectivity index (χ3v) is 8.10. The van der Waals surface area contributed by atoms with Gasteiger partial charge in [0.2, 0.25) is 5.91 Å². The van der Waals surface area contributed by atoms with Crippen LogP contribution in [0.4, 0.5) is 5.69 Å². The van der Waals surface area contributed by atoms with Gasteiger partial charge in [-0.05, 0) is 44.2 Å². The number of ether oxygens (including phenoxy) is 1. The molecule has 2 N–H and O–H groups in total. The molecule has 1 spiro atoms. The number of halogens is 1. The number of para-hydroxylation sites is 1. The molecule has 3 aliphatic heterocycles. The minimum absolute atomic E-state index is 0.131. The van der Waals surface area contributed by atoms with E-state index >= 15 is 0 Å². The maximum absolute atomic E-state index is 14.4. The molecule has 0 aliphatic carbocycles. The van der Waals surface area contributed by atoms with Crippen molar-refractivity contribution in [3.05, 3.63) is 41.9 Å². The van der Waals surface area contributed by atoms with Crippen LogP contribution in [0.15, 0.2) is 36.9 Å². The van der Waals surface area contributed by atoms with Crippen molar-refractivity contribution in [1.82, 2.24) is 4.90 Å². The van der Waals surface area contributed by atoms with E-state index in [0.717, 1.165) is 0 Å². The van der Waals surface area contributed by atoms with Crippen LogP contribution in [0.3, 0.4) is 0 Å². The van der Waals surface area contributed by atoms with Gasteiger partial charge in [-0.15, -0.1) is 6.58 Å². The van der Waals surface area contributed by atoms with Gasteiger partial charge in [0.05, 0.1) is 40.8 Å². The lowest BCUT2D eigenvalue weighted by Crippen LogP contribution is -2.59. The number of carbonyl (C=O) groups excluding carboxylic acids is 2. The molecular formula is C26H33ClN2O6. The summed E-state index contributed by atoms with van der Waals surface area (Å²) in [6.07, 6.45) is 2.83. The van der Waals surface area contributed by atoms with Gasteiger partial charge in [-0.3, -0.25) is 14.4 Å². The normalized spacial score (nSPS) is 32.1. The van der Waals surface area contributed by atoms with Gasteiger partial charge in [-0.2, -0.15) is 0 Å². The Labute approximate surface area is 210 Å². The maximum Gasteiger partial charge on any atom is 0.310 e. The molecule has 6 atom stereocenters. The first kappa shape index (κ1) is 25.7. The van der Waals surface area contributed by atoms with Crippen LogP contribution in [0.5, 0.6) is 0 Å². The number of hydrogen-bond donors (Lipinski definition) is 2. The van der Waals surface area contributed by atoms with Gasteiger partial charge in [0.25, 0.3) is 5.91 Å². The fraction of sp³-hybridized carbons (Fsp3) is 0.577. The van der Waals surface area contributed by atoms with Crippen LogP contribution in [0.1, 0.15) is 40.0 Å². The standard InChI is InChI=1S/C26H33ClN2O6/c1-5-12-28(18-9-7-6-8-17(18)27)23(32)21-26-11-10-25(4,35-26)20(24(33)34)19(26)22(31)29(21)16(14-30)13-15(2)3/h5-9,15-16,19-21,30H,1,10-14H2,2-4H3,(H,33,34)/t16-,19+,20+,21?,25-,26?/m1/s1. The molecule has 4 rings (SSSR count). The molecule has 1 aromatic carbocycles. The Kier molecular flexibility index (Phi) is 6.76. The van der Waals surface area contributed by atoms with Crippen molar-refractivity contribution in [3.63, 3.8) is 0 Å². The summed E-state index contributed by atoms with van der Waals surface area (Å²) in [5, 5.41) is 20.8. The quantitative estimate of drug-likeness (QED) is 0.500. The number of carboxylic acids is 1. The average molecular weight is 505 g/mol. The average Bonchev–Trinajstić information content (AvgIpc) is 3.36. The van der Waals surface area contributed by atoms with Gasteiger partial charge in [-0.25, -0.2) is 0 Å². The molecule has 35 heavy (non-hydrogen) atoms. The first-order valence-corrected chi connectivity index (χ1v) is 12.4. The Morgan fingerprint density at radius 3 is 2.60 bits per heavy atom. The number of hydrogen-bond acceptors (Lipinski definition) is 5. The molecule has 2 unspecified atom stereocenters. The van der Waals surface area contributed by atoms with E-state index in [1.54, 1.807) is 37.3 Å². The topological polar surface area (TPSA) is 107 Å². The van der Waals surface area contributed by atoms with Crippen LogP contribution < -0.4 is 4.90 Å². The van der Waals surface area contributed by atoms with Crippen LogP contribution in [0, 0.1) is 17.8 Å². The summed E-state index contributed by atoms with van der Waals surface area (Å²) >= 11 is 6.45. The number of likely N-dealkylation sites (tertiary alicyclic amines) is 1. The molecule has 1 aromatic rings. The van der Waals surface area contributed by atoms with Crippen molar-refractivity contribution in [3.8, 4) is 0 Å². The Morgan fingerprint density at radius 2 is 2.03 bits per heavy atom. The van der Waals surface area contributed by atoms with E-state index in [-0.39, 0.29) is 19.1 Å². The van der Waals surface area contributed by atoms with E-state index in [9.17, 15) is 24.6 Å². The second kappa shape index (κ2) is 9.22. The molecule has 0 saturated carbocycles. The lowest BCUT2D eigenvalue weighted by atomic mass is 9.66. The zero-order valence-corrected chi connectivity index (χ0v) is 21.1. The molecular weight excluding hydrogens is 472 g/mol. The van der Waals surface area contributed by atoms with Crippen LogP contribution in [0.25, 0.3) is 0 Å². The molecule has 3 aliphatic rings. The number of amides is 2. The van der Waals surface area contributed by atoms with Crippen molar-refractivity contribution >= 4 is 35.1 Å². The summed E-state index contributed by atoms with van der Waals surface area (Å²) in [5.74, 6) is -3.94. The van der Waals surface area contributed by atoms with Crippen molar-refractivity contribution in [2.24, 2.45) is 17.8 Å². The lowest BCUT2D eigenvalue weighted by molar-refractivity contribution is -0.156. The summed E-state index contributed by atoms with van der Waals surface area (Å²) in [6.45, 7) is 9.22. The van der Waals surface area contributed by atoms with E-state index in [1.807, 2.05) is 13.8 Å². The van der Waals surface area contributed by atoms with Crippen molar-refractivity contribution in [2.75, 3.05) is 18.1 Å². The Bertz CT molecular complexity index is 1050. The summed E-state index contributed by atoms with van der Waals surface area (Å²) in [5.41, 5.74) is -1.88. The fourth-order valence-electron chi connectivity index (χ4n) is 6.49. The highest BCUT2D eigenvalue weighted by atomic mass is 35.5. The number of anilines is 1. The first-order valence-electron chi connectivity index (χ1n) is 12.0. The summed E-state index contributed by atoms with van der Waals surface area (Å²) < 4.78 is 6.44. The van der Waals surface area contributed by atoms with Crippen molar-refractivity contribution < 1.29 is 29.3 Å². The smallest absolute Gasteiger partial charge is 0.310 e. The summed E-state index contributed by atoms with van der Waals surface area (Å²) in [4.78, 5) is 43.6. The molecule has 0 radical (unpaired) electrons. The van der Waals surface area contributed by atoms with Gasteiger partial charge in [0.15, 0.2) is 0 Å². The van der Waals surface area contributed by atoms with Gasteiger partial charge in [0.1, 0.15) is 11.6 Å². The minimum Gasteiger partial charge on any atom is -0.481 e. The van der Waals surface area contributed by atoms with Crippen LogP contribution in [-0.4, -0.2) is 69.3 Å². The van der Waals surface area contributed by atoms with Gasteiger partial charge >= 0.3 is 5.97 Å². The minimum atomic E-state index is -1.29. The third kappa shape index (κ3) is 3.86. The van der Waals surface area contributed by atoms with E-state index in [2.05, 4.69) is 6.58 Å². The van der Waals surface area contributed by atoms with Crippen LogP contribution in [0.2, 0.25) is 5.02 Å². The zero-order chi connectivity index (χ0) is 25.7. The molecule has 3 fully saturated rings. The van der Waals surface area contributed by atoms with E-state index in [0.29, 0.717) is 30.0 Å². The Morgan fingerprint density at radius 1 is 1.34 bits per heavy atom. The number of aliphatic hydroxyl groups excluding tert-OH is 1. The number of rotatable bonds is 9. The van der Waals surface area contributed by atoms with Crippen LogP contribution in [-0.2, 0) is 19.1 Å². The molecule has 2 amide bonds. The highest BCUT2D eigenvalue weighted by Gasteiger charge is 2.78. The fourth-order valence-corrected chi connectivity index (χ4v) is 6.72.